The third kappa shape index (κ3) is 3.21. The summed E-state index contributed by atoms with van der Waals surface area (Å²) in [5.41, 5.74) is 1.15. The molecule has 1 saturated heterocycles. The third-order valence-corrected chi connectivity index (χ3v) is 4.65. The van der Waals surface area contributed by atoms with Crippen LogP contribution in [-0.4, -0.2) is 43.6 Å². The van der Waals surface area contributed by atoms with E-state index in [2.05, 4.69) is 5.32 Å². The van der Waals surface area contributed by atoms with Crippen LogP contribution < -0.4 is 10.1 Å². The second kappa shape index (κ2) is 6.48. The second-order valence-corrected chi connectivity index (χ2v) is 6.08. The van der Waals surface area contributed by atoms with Crippen LogP contribution in [0.15, 0.2) is 24.3 Å². The molecule has 1 fully saturated rings. The maximum atomic E-state index is 12.6. The van der Waals surface area contributed by atoms with Crippen LogP contribution in [0.4, 0.5) is 0 Å². The number of piperidine rings is 1. The zero-order valence-electron chi connectivity index (χ0n) is 12.7. The molecule has 114 valence electrons. The highest BCUT2D eigenvalue weighted by Gasteiger charge is 2.33. The Balaban J connectivity index is 1.52. The molecule has 2 aliphatic rings. The summed E-state index contributed by atoms with van der Waals surface area (Å²) in [4.78, 5) is 14.6. The predicted molar refractivity (Wildman–Crippen MR) is 82.4 cm³/mol. The maximum absolute atomic E-state index is 12.6. The fraction of sp³-hybridized carbons (Fsp3) is 0.588. The van der Waals surface area contributed by atoms with Crippen molar-refractivity contribution in [1.29, 1.82) is 0 Å². The Bertz CT molecular complexity index is 470. The minimum Gasteiger partial charge on any atom is -0.480 e. The number of benzene rings is 1. The third-order valence-electron chi connectivity index (χ3n) is 4.65. The molecule has 0 radical (unpaired) electrons. The van der Waals surface area contributed by atoms with Gasteiger partial charge in [-0.2, -0.15) is 0 Å². The molecule has 1 amide bonds. The van der Waals surface area contributed by atoms with Crippen LogP contribution in [0.3, 0.4) is 0 Å². The van der Waals surface area contributed by atoms with E-state index in [1.807, 2.05) is 36.2 Å². The summed E-state index contributed by atoms with van der Waals surface area (Å²) in [6.07, 6.45) is 3.86. The zero-order chi connectivity index (χ0) is 14.7. The Morgan fingerprint density at radius 2 is 2.10 bits per heavy atom. The number of carbonyl (C=O) groups excluding carboxylic acids is 1. The molecule has 2 aliphatic heterocycles. The fourth-order valence-electron chi connectivity index (χ4n) is 3.31. The number of amides is 1. The van der Waals surface area contributed by atoms with Crippen molar-refractivity contribution >= 4 is 5.91 Å². The van der Waals surface area contributed by atoms with Crippen LogP contribution in [0.1, 0.15) is 24.8 Å². The van der Waals surface area contributed by atoms with Gasteiger partial charge in [0.2, 0.25) is 0 Å². The highest BCUT2D eigenvalue weighted by molar-refractivity contribution is 5.82. The van der Waals surface area contributed by atoms with Crippen molar-refractivity contribution < 1.29 is 9.53 Å². The largest absolute Gasteiger partial charge is 0.480 e. The minimum atomic E-state index is -0.309. The highest BCUT2D eigenvalue weighted by Crippen LogP contribution is 2.30. The van der Waals surface area contributed by atoms with Crippen LogP contribution >= 0.6 is 0 Å². The first-order valence-corrected chi connectivity index (χ1v) is 7.96. The predicted octanol–water partition coefficient (Wildman–Crippen LogP) is 1.84. The molecule has 1 unspecified atom stereocenters. The van der Waals surface area contributed by atoms with Crippen LogP contribution in [0.2, 0.25) is 0 Å². The molecule has 0 saturated carbocycles. The van der Waals surface area contributed by atoms with E-state index in [0.717, 1.165) is 49.7 Å². The van der Waals surface area contributed by atoms with Crippen LogP contribution in [0, 0.1) is 5.92 Å². The first-order valence-electron chi connectivity index (χ1n) is 7.96. The molecule has 0 spiro atoms. The SMILES string of the molecule is CNCCC1CCN(C(=O)C2Cc3ccccc3O2)CC1. The topological polar surface area (TPSA) is 41.6 Å². The lowest BCUT2D eigenvalue weighted by atomic mass is 9.93. The molecule has 4 nitrogen and oxygen atoms in total. The van der Waals surface area contributed by atoms with E-state index in [0.29, 0.717) is 6.42 Å². The monoisotopic (exact) mass is 288 g/mol. The molecule has 1 atom stereocenters. The van der Waals surface area contributed by atoms with E-state index in [1.165, 1.54) is 6.42 Å². The number of ether oxygens (including phenoxy) is 1. The van der Waals surface area contributed by atoms with Crippen molar-refractivity contribution in [3.8, 4) is 5.75 Å². The van der Waals surface area contributed by atoms with Crippen LogP contribution in [-0.2, 0) is 11.2 Å². The summed E-state index contributed by atoms with van der Waals surface area (Å²) in [5.74, 6) is 1.79. The van der Waals surface area contributed by atoms with E-state index >= 15 is 0 Å². The van der Waals surface area contributed by atoms with Gasteiger partial charge in [0.05, 0.1) is 0 Å². The lowest BCUT2D eigenvalue weighted by Crippen LogP contribution is -2.45. The second-order valence-electron chi connectivity index (χ2n) is 6.08. The van der Waals surface area contributed by atoms with E-state index in [1.54, 1.807) is 0 Å². The number of likely N-dealkylation sites (tertiary alicyclic amines) is 1. The quantitative estimate of drug-likeness (QED) is 0.919. The molecule has 1 N–H and O–H groups in total. The van der Waals surface area contributed by atoms with Crippen LogP contribution in [0.25, 0.3) is 0 Å². The first-order chi connectivity index (χ1) is 10.3. The molecule has 2 heterocycles. The first kappa shape index (κ1) is 14.4. The van der Waals surface area contributed by atoms with Crippen molar-refractivity contribution in [1.82, 2.24) is 10.2 Å². The lowest BCUT2D eigenvalue weighted by Gasteiger charge is -2.33. The Morgan fingerprint density at radius 1 is 1.33 bits per heavy atom. The van der Waals surface area contributed by atoms with Gasteiger partial charge in [-0.15, -0.1) is 0 Å². The summed E-state index contributed by atoms with van der Waals surface area (Å²) in [6, 6.07) is 7.96. The fourth-order valence-corrected chi connectivity index (χ4v) is 3.31. The Labute approximate surface area is 126 Å². The molecule has 0 bridgehead atoms. The summed E-state index contributed by atoms with van der Waals surface area (Å²) < 4.78 is 5.81. The summed E-state index contributed by atoms with van der Waals surface area (Å²) in [6.45, 7) is 2.83. The maximum Gasteiger partial charge on any atom is 0.263 e. The summed E-state index contributed by atoms with van der Waals surface area (Å²) in [7, 11) is 1.99. The zero-order valence-corrected chi connectivity index (χ0v) is 12.7. The van der Waals surface area contributed by atoms with Gasteiger partial charge in [0.25, 0.3) is 5.91 Å². The minimum absolute atomic E-state index is 0.165. The lowest BCUT2D eigenvalue weighted by molar-refractivity contribution is -0.139. The standard InChI is InChI=1S/C17H24N2O2/c1-18-9-6-13-7-10-19(11-8-13)17(20)16-12-14-4-2-3-5-15(14)21-16/h2-5,13,16,18H,6-12H2,1H3. The van der Waals surface area contributed by atoms with Crippen molar-refractivity contribution in [3.63, 3.8) is 0 Å². The van der Waals surface area contributed by atoms with E-state index < -0.39 is 0 Å². The normalized spacial score (nSPS) is 22.0. The molecule has 1 aromatic rings. The highest BCUT2D eigenvalue weighted by atomic mass is 16.5. The Kier molecular flexibility index (Phi) is 4.44. The molecule has 1 aromatic carbocycles. The number of para-hydroxylation sites is 1. The van der Waals surface area contributed by atoms with Crippen LogP contribution in [0.5, 0.6) is 5.75 Å². The molecule has 4 heteroatoms. The average Bonchev–Trinajstić information content (AvgIpc) is 2.96. The van der Waals surface area contributed by atoms with E-state index in [9.17, 15) is 4.79 Å². The van der Waals surface area contributed by atoms with Crippen molar-refractivity contribution in [2.45, 2.75) is 31.8 Å². The number of hydrogen-bond donors (Lipinski definition) is 1. The van der Waals surface area contributed by atoms with Crippen molar-refractivity contribution in [2.75, 3.05) is 26.7 Å². The van der Waals surface area contributed by atoms with Gasteiger partial charge < -0.3 is 15.0 Å². The van der Waals surface area contributed by atoms with E-state index in [-0.39, 0.29) is 12.0 Å². The molecular formula is C17H24N2O2. The number of carbonyl (C=O) groups is 1. The van der Waals surface area contributed by atoms with Gasteiger partial charge in [-0.1, -0.05) is 18.2 Å². The molecule has 21 heavy (non-hydrogen) atoms. The van der Waals surface area contributed by atoms with Gasteiger partial charge in [-0.25, -0.2) is 0 Å². The Morgan fingerprint density at radius 3 is 2.81 bits per heavy atom. The van der Waals surface area contributed by atoms with Gasteiger partial charge in [-0.3, -0.25) is 4.79 Å². The van der Waals surface area contributed by atoms with Crippen molar-refractivity contribution in [2.24, 2.45) is 5.92 Å². The smallest absolute Gasteiger partial charge is 0.263 e. The average molecular weight is 288 g/mol. The van der Waals surface area contributed by atoms with Gasteiger partial charge in [0.15, 0.2) is 6.10 Å². The van der Waals surface area contributed by atoms with Crippen molar-refractivity contribution in [3.05, 3.63) is 29.8 Å². The number of rotatable bonds is 4. The summed E-state index contributed by atoms with van der Waals surface area (Å²) >= 11 is 0. The number of nitrogens with zero attached hydrogens (tertiary/aromatic N) is 1. The molecule has 3 rings (SSSR count). The Hall–Kier alpha value is -1.55. The van der Waals surface area contributed by atoms with E-state index in [4.69, 9.17) is 4.74 Å². The molecular weight excluding hydrogens is 264 g/mol. The van der Waals surface area contributed by atoms with Gasteiger partial charge in [-0.05, 0) is 50.4 Å². The van der Waals surface area contributed by atoms with Gasteiger partial charge in [0, 0.05) is 19.5 Å². The van der Waals surface area contributed by atoms with Gasteiger partial charge >= 0.3 is 0 Å². The number of nitrogens with one attached hydrogen (secondary N) is 1. The molecule has 0 aromatic heterocycles. The number of hydrogen-bond acceptors (Lipinski definition) is 3. The van der Waals surface area contributed by atoms with Gasteiger partial charge in [0.1, 0.15) is 5.75 Å². The summed E-state index contributed by atoms with van der Waals surface area (Å²) in [5, 5.41) is 3.20. The molecule has 0 aliphatic carbocycles. The number of fused-ring (bicyclic) bond motifs is 1.